The van der Waals surface area contributed by atoms with Crippen LogP contribution in [0.2, 0.25) is 0 Å². The van der Waals surface area contributed by atoms with Crippen molar-refractivity contribution < 1.29 is 19.3 Å². The lowest BCUT2D eigenvalue weighted by Crippen LogP contribution is -2.39. The Bertz CT molecular complexity index is 363. The lowest BCUT2D eigenvalue weighted by Gasteiger charge is -2.23. The summed E-state index contributed by atoms with van der Waals surface area (Å²) in [5, 5.41) is 16.7. The van der Waals surface area contributed by atoms with Crippen molar-refractivity contribution in [3.63, 3.8) is 0 Å². The van der Waals surface area contributed by atoms with E-state index in [9.17, 15) is 5.11 Å². The Labute approximate surface area is 103 Å². The molecule has 10 heteroatoms. The van der Waals surface area contributed by atoms with Crippen LogP contribution in [0.25, 0.3) is 20.9 Å². The van der Waals surface area contributed by atoms with Crippen molar-refractivity contribution in [3.8, 4) is 0 Å². The van der Waals surface area contributed by atoms with Crippen LogP contribution in [0.15, 0.2) is 10.2 Å². The lowest BCUT2D eigenvalue weighted by atomic mass is 10.1. The summed E-state index contributed by atoms with van der Waals surface area (Å²) in [6.07, 6.45) is -3.38. The van der Waals surface area contributed by atoms with Gasteiger partial charge in [0.25, 0.3) is 0 Å². The van der Waals surface area contributed by atoms with E-state index in [4.69, 9.17) is 25.3 Å². The second kappa shape index (κ2) is 7.02. The molecule has 100 valence electrons. The fraction of sp³-hybridized carbons (Fsp3) is 1.00. The Morgan fingerprint density at radius 3 is 2.50 bits per heavy atom. The monoisotopic (exact) mass is 258 g/mol. The van der Waals surface area contributed by atoms with Crippen molar-refractivity contribution in [2.24, 2.45) is 10.2 Å². The van der Waals surface area contributed by atoms with Gasteiger partial charge in [-0.3, -0.25) is 0 Å². The Kier molecular flexibility index (Phi) is 5.66. The van der Waals surface area contributed by atoms with Crippen molar-refractivity contribution >= 4 is 0 Å². The first kappa shape index (κ1) is 14.5. The zero-order valence-corrected chi connectivity index (χ0v) is 9.95. The van der Waals surface area contributed by atoms with Gasteiger partial charge in [-0.15, -0.1) is 0 Å². The van der Waals surface area contributed by atoms with Gasteiger partial charge in [0.1, 0.15) is 6.10 Å². The molecule has 1 fully saturated rings. The second-order valence-corrected chi connectivity index (χ2v) is 3.58. The van der Waals surface area contributed by atoms with Crippen LogP contribution in [-0.4, -0.2) is 56.5 Å². The SMILES string of the molecule is COC(OC)[C@H]1O[C@H](CN=[N+]=[N-])[C@@H](O)[C@H]1N=[N+]=[N-]. The van der Waals surface area contributed by atoms with Gasteiger partial charge in [-0.1, -0.05) is 10.2 Å². The minimum Gasteiger partial charge on any atom is -0.390 e. The van der Waals surface area contributed by atoms with Crippen LogP contribution in [0, 0.1) is 0 Å². The molecule has 0 aromatic heterocycles. The van der Waals surface area contributed by atoms with E-state index in [2.05, 4.69) is 20.1 Å². The highest BCUT2D eigenvalue weighted by Crippen LogP contribution is 2.28. The van der Waals surface area contributed by atoms with Gasteiger partial charge in [0.2, 0.25) is 0 Å². The van der Waals surface area contributed by atoms with Crippen molar-refractivity contribution in [2.75, 3.05) is 20.8 Å². The molecule has 1 heterocycles. The van der Waals surface area contributed by atoms with E-state index < -0.39 is 30.6 Å². The molecule has 10 nitrogen and oxygen atoms in total. The normalized spacial score (nSPS) is 30.9. The average molecular weight is 258 g/mol. The summed E-state index contributed by atoms with van der Waals surface area (Å²) in [6.45, 7) is -0.0637. The van der Waals surface area contributed by atoms with E-state index in [1.807, 2.05) is 0 Å². The molecule has 1 rings (SSSR count). The highest BCUT2D eigenvalue weighted by Gasteiger charge is 2.46. The zero-order chi connectivity index (χ0) is 13.5. The summed E-state index contributed by atoms with van der Waals surface area (Å²) >= 11 is 0. The van der Waals surface area contributed by atoms with Crippen LogP contribution in [0.5, 0.6) is 0 Å². The van der Waals surface area contributed by atoms with Gasteiger partial charge < -0.3 is 19.3 Å². The summed E-state index contributed by atoms with van der Waals surface area (Å²) in [6, 6.07) is -0.862. The van der Waals surface area contributed by atoms with Crippen LogP contribution >= 0.6 is 0 Å². The molecule has 0 spiro atoms. The van der Waals surface area contributed by atoms with E-state index in [1.165, 1.54) is 14.2 Å². The van der Waals surface area contributed by atoms with Crippen LogP contribution in [-0.2, 0) is 14.2 Å². The van der Waals surface area contributed by atoms with E-state index in [1.54, 1.807) is 0 Å². The van der Waals surface area contributed by atoms with E-state index >= 15 is 0 Å². The minimum atomic E-state index is -1.08. The Morgan fingerprint density at radius 2 is 2.00 bits per heavy atom. The van der Waals surface area contributed by atoms with Crippen LogP contribution in [0.4, 0.5) is 0 Å². The van der Waals surface area contributed by atoms with Crippen LogP contribution in [0.1, 0.15) is 0 Å². The third-order valence-corrected chi connectivity index (χ3v) is 2.64. The van der Waals surface area contributed by atoms with Gasteiger partial charge in [-0.2, -0.15) is 0 Å². The van der Waals surface area contributed by atoms with Crippen LogP contribution in [0.3, 0.4) is 0 Å². The number of hydrogen-bond acceptors (Lipinski definition) is 6. The zero-order valence-electron chi connectivity index (χ0n) is 9.95. The maximum Gasteiger partial charge on any atom is 0.183 e. The maximum absolute atomic E-state index is 9.93. The molecular weight excluding hydrogens is 244 g/mol. The third-order valence-electron chi connectivity index (χ3n) is 2.64. The van der Waals surface area contributed by atoms with E-state index in [0.29, 0.717) is 0 Å². The largest absolute Gasteiger partial charge is 0.390 e. The Morgan fingerprint density at radius 1 is 1.33 bits per heavy atom. The third kappa shape index (κ3) is 3.02. The average Bonchev–Trinajstić information content (AvgIpc) is 2.67. The van der Waals surface area contributed by atoms with Crippen molar-refractivity contribution in [1.29, 1.82) is 0 Å². The molecule has 0 aromatic rings. The molecular formula is C8H14N6O4. The highest BCUT2D eigenvalue weighted by molar-refractivity contribution is 4.98. The number of hydrogen-bond donors (Lipinski definition) is 1. The van der Waals surface area contributed by atoms with Gasteiger partial charge in [-0.25, -0.2) is 0 Å². The molecule has 0 amide bonds. The molecule has 1 saturated heterocycles. The molecule has 1 N–H and O–H groups in total. The number of ether oxygens (including phenoxy) is 3. The number of nitrogens with zero attached hydrogens (tertiary/aromatic N) is 6. The van der Waals surface area contributed by atoms with Crippen molar-refractivity contribution in [1.82, 2.24) is 0 Å². The number of azide groups is 2. The van der Waals surface area contributed by atoms with Gasteiger partial charge in [-0.05, 0) is 11.1 Å². The number of rotatable bonds is 6. The quantitative estimate of drug-likeness (QED) is 0.323. The summed E-state index contributed by atoms with van der Waals surface area (Å²) < 4.78 is 15.5. The lowest BCUT2D eigenvalue weighted by molar-refractivity contribution is -0.177. The number of aliphatic hydroxyl groups excluding tert-OH is 1. The van der Waals surface area contributed by atoms with Crippen molar-refractivity contribution in [2.45, 2.75) is 30.6 Å². The van der Waals surface area contributed by atoms with E-state index in [0.717, 1.165) is 0 Å². The van der Waals surface area contributed by atoms with Gasteiger partial charge in [0, 0.05) is 24.0 Å². The van der Waals surface area contributed by atoms with Crippen molar-refractivity contribution in [3.05, 3.63) is 20.9 Å². The highest BCUT2D eigenvalue weighted by atomic mass is 16.7. The first-order chi connectivity index (χ1) is 8.69. The topological polar surface area (TPSA) is 145 Å². The standard InChI is InChI=1S/C8H14N6O4/c1-16-8(17-2)7-5(12-14-10)6(15)4(18-7)3-11-13-9/h4-8,15H,3H2,1-2H3/t4-,5-,6-,7+/m1/s1. The van der Waals surface area contributed by atoms with Gasteiger partial charge in [0.05, 0.1) is 24.8 Å². The second-order valence-electron chi connectivity index (χ2n) is 3.58. The van der Waals surface area contributed by atoms with Crippen LogP contribution < -0.4 is 0 Å². The summed E-state index contributed by atoms with van der Waals surface area (Å²) in [5.74, 6) is 0. The summed E-state index contributed by atoms with van der Waals surface area (Å²) in [5.41, 5.74) is 16.7. The first-order valence-electron chi connectivity index (χ1n) is 5.13. The molecule has 4 atom stereocenters. The van der Waals surface area contributed by atoms with Gasteiger partial charge >= 0.3 is 0 Å². The molecule has 1 aliphatic rings. The smallest absolute Gasteiger partial charge is 0.183 e. The molecule has 0 bridgehead atoms. The number of methoxy groups -OCH3 is 2. The predicted octanol–water partition coefficient (Wildman–Crippen LogP) is 0.723. The maximum atomic E-state index is 9.93. The Hall–Kier alpha value is -1.54. The molecule has 1 aliphatic heterocycles. The molecule has 0 radical (unpaired) electrons. The summed E-state index contributed by atoms with van der Waals surface area (Å²) in [7, 11) is 2.80. The number of aliphatic hydroxyl groups is 1. The molecule has 18 heavy (non-hydrogen) atoms. The minimum absolute atomic E-state index is 0.0637. The summed E-state index contributed by atoms with van der Waals surface area (Å²) in [4.78, 5) is 5.24. The van der Waals surface area contributed by atoms with Gasteiger partial charge in [0.15, 0.2) is 6.29 Å². The Balaban J connectivity index is 2.87. The molecule has 0 aromatic carbocycles. The fourth-order valence-corrected chi connectivity index (χ4v) is 1.83. The van der Waals surface area contributed by atoms with E-state index in [-0.39, 0.29) is 6.54 Å². The first-order valence-corrected chi connectivity index (χ1v) is 5.13. The molecule has 0 unspecified atom stereocenters. The molecule has 0 saturated carbocycles. The predicted molar refractivity (Wildman–Crippen MR) is 59.4 cm³/mol. The molecule has 0 aliphatic carbocycles. The fourth-order valence-electron chi connectivity index (χ4n) is 1.83.